The summed E-state index contributed by atoms with van der Waals surface area (Å²) in [5, 5.41) is 12.7. The maximum atomic E-state index is 10.6. The number of ether oxygens (including phenoxy) is 1. The number of aryl methyl sites for hydroxylation is 1. The van der Waals surface area contributed by atoms with Gasteiger partial charge in [0.05, 0.1) is 0 Å². The van der Waals surface area contributed by atoms with E-state index in [-0.39, 0.29) is 0 Å². The van der Waals surface area contributed by atoms with E-state index in [1.165, 1.54) is 7.11 Å². The van der Waals surface area contributed by atoms with Crippen molar-refractivity contribution in [1.82, 2.24) is 0 Å². The number of hydrogen-bond acceptors (Lipinski definition) is 3. The third kappa shape index (κ3) is 2.54. The molecule has 0 saturated carbocycles. The zero-order valence-corrected chi connectivity index (χ0v) is 8.43. The van der Waals surface area contributed by atoms with Crippen LogP contribution in [0.3, 0.4) is 0 Å². The summed E-state index contributed by atoms with van der Waals surface area (Å²) in [6.45, 7) is 1.97. The Labute approximate surface area is 81.0 Å². The molecule has 0 bridgehead atoms. The van der Waals surface area contributed by atoms with Crippen molar-refractivity contribution >= 4 is 17.3 Å². The standard InChI is InChI=1S/C9H12O3S/c1-6-4-13-5-7(6)3-8(12-2)9(10)11/h4-5,8H,3H2,1-2H3,(H,10,11). The number of methoxy groups -OCH3 is 1. The lowest BCUT2D eigenvalue weighted by Gasteiger charge is -2.09. The fraction of sp³-hybridized carbons (Fsp3) is 0.444. The molecule has 1 unspecified atom stereocenters. The van der Waals surface area contributed by atoms with E-state index in [9.17, 15) is 4.79 Å². The molecule has 0 saturated heterocycles. The van der Waals surface area contributed by atoms with Gasteiger partial charge in [-0.2, -0.15) is 11.3 Å². The van der Waals surface area contributed by atoms with Crippen molar-refractivity contribution in [3.63, 3.8) is 0 Å². The minimum absolute atomic E-state index is 0.446. The zero-order valence-electron chi connectivity index (χ0n) is 7.61. The highest BCUT2D eigenvalue weighted by molar-refractivity contribution is 7.08. The first-order valence-electron chi connectivity index (χ1n) is 3.92. The predicted molar refractivity (Wildman–Crippen MR) is 51.2 cm³/mol. The number of thiophene rings is 1. The summed E-state index contributed by atoms with van der Waals surface area (Å²) in [5.74, 6) is -0.909. The summed E-state index contributed by atoms with van der Waals surface area (Å²) < 4.78 is 4.85. The summed E-state index contributed by atoms with van der Waals surface area (Å²) in [7, 11) is 1.42. The van der Waals surface area contributed by atoms with E-state index >= 15 is 0 Å². The molecule has 0 aliphatic rings. The van der Waals surface area contributed by atoms with Gasteiger partial charge in [-0.05, 0) is 28.8 Å². The molecule has 1 N–H and O–H groups in total. The Morgan fingerprint density at radius 2 is 2.38 bits per heavy atom. The predicted octanol–water partition coefficient (Wildman–Crippen LogP) is 1.70. The van der Waals surface area contributed by atoms with Crippen molar-refractivity contribution in [1.29, 1.82) is 0 Å². The number of rotatable bonds is 4. The van der Waals surface area contributed by atoms with Gasteiger partial charge in [-0.1, -0.05) is 0 Å². The maximum Gasteiger partial charge on any atom is 0.333 e. The average Bonchev–Trinajstić information content (AvgIpc) is 2.46. The maximum absolute atomic E-state index is 10.6. The van der Waals surface area contributed by atoms with Crippen LogP contribution in [0.2, 0.25) is 0 Å². The van der Waals surface area contributed by atoms with E-state index in [1.807, 2.05) is 17.7 Å². The Morgan fingerprint density at radius 3 is 2.77 bits per heavy atom. The number of carboxylic acid groups (broad SMARTS) is 1. The molecule has 0 spiro atoms. The molecular formula is C9H12O3S. The van der Waals surface area contributed by atoms with Crippen molar-refractivity contribution in [3.05, 3.63) is 21.9 Å². The zero-order chi connectivity index (χ0) is 9.84. The fourth-order valence-electron chi connectivity index (χ4n) is 1.07. The van der Waals surface area contributed by atoms with Crippen LogP contribution in [0.1, 0.15) is 11.1 Å². The van der Waals surface area contributed by atoms with E-state index in [0.29, 0.717) is 6.42 Å². The van der Waals surface area contributed by atoms with Crippen molar-refractivity contribution in [2.75, 3.05) is 7.11 Å². The van der Waals surface area contributed by atoms with Gasteiger partial charge in [-0.25, -0.2) is 4.79 Å². The van der Waals surface area contributed by atoms with E-state index in [0.717, 1.165) is 11.1 Å². The van der Waals surface area contributed by atoms with Gasteiger partial charge in [0, 0.05) is 13.5 Å². The summed E-state index contributed by atoms with van der Waals surface area (Å²) in [6, 6.07) is 0. The first-order chi connectivity index (χ1) is 6.15. The smallest absolute Gasteiger partial charge is 0.333 e. The van der Waals surface area contributed by atoms with Gasteiger partial charge in [-0.3, -0.25) is 0 Å². The Morgan fingerprint density at radius 1 is 1.69 bits per heavy atom. The molecule has 72 valence electrons. The minimum Gasteiger partial charge on any atom is -0.479 e. The van der Waals surface area contributed by atoms with E-state index in [1.54, 1.807) is 11.3 Å². The minimum atomic E-state index is -0.909. The Hall–Kier alpha value is -0.870. The first-order valence-corrected chi connectivity index (χ1v) is 4.86. The summed E-state index contributed by atoms with van der Waals surface area (Å²) >= 11 is 1.58. The quantitative estimate of drug-likeness (QED) is 0.804. The van der Waals surface area contributed by atoms with Crippen molar-refractivity contribution in [2.24, 2.45) is 0 Å². The van der Waals surface area contributed by atoms with E-state index in [2.05, 4.69) is 0 Å². The second-order valence-electron chi connectivity index (χ2n) is 2.85. The van der Waals surface area contributed by atoms with Crippen LogP contribution in [0.15, 0.2) is 10.8 Å². The third-order valence-corrected chi connectivity index (χ3v) is 2.84. The Balaban J connectivity index is 2.67. The molecule has 0 radical (unpaired) electrons. The molecule has 4 heteroatoms. The lowest BCUT2D eigenvalue weighted by Crippen LogP contribution is -2.24. The Bertz CT molecular complexity index is 293. The van der Waals surface area contributed by atoms with Gasteiger partial charge >= 0.3 is 5.97 Å². The molecule has 1 aromatic heterocycles. The third-order valence-electron chi connectivity index (χ3n) is 1.93. The number of hydrogen-bond donors (Lipinski definition) is 1. The molecule has 1 atom stereocenters. The van der Waals surface area contributed by atoms with Crippen molar-refractivity contribution < 1.29 is 14.6 Å². The largest absolute Gasteiger partial charge is 0.479 e. The van der Waals surface area contributed by atoms with Gasteiger partial charge in [0.2, 0.25) is 0 Å². The van der Waals surface area contributed by atoms with Crippen LogP contribution in [0, 0.1) is 6.92 Å². The molecule has 1 heterocycles. The number of carboxylic acids is 1. The molecular weight excluding hydrogens is 188 g/mol. The van der Waals surface area contributed by atoms with Crippen LogP contribution in [0.5, 0.6) is 0 Å². The molecule has 0 aromatic carbocycles. The Kier molecular flexibility index (Phi) is 3.45. The van der Waals surface area contributed by atoms with Crippen LogP contribution in [0.4, 0.5) is 0 Å². The van der Waals surface area contributed by atoms with E-state index in [4.69, 9.17) is 9.84 Å². The van der Waals surface area contributed by atoms with Crippen LogP contribution >= 0.6 is 11.3 Å². The van der Waals surface area contributed by atoms with Gasteiger partial charge < -0.3 is 9.84 Å². The lowest BCUT2D eigenvalue weighted by atomic mass is 10.1. The average molecular weight is 200 g/mol. The summed E-state index contributed by atoms with van der Waals surface area (Å²) in [5.41, 5.74) is 2.19. The molecule has 0 amide bonds. The molecule has 0 fully saturated rings. The normalized spacial score (nSPS) is 12.8. The molecule has 3 nitrogen and oxygen atoms in total. The molecule has 0 aliphatic heterocycles. The monoisotopic (exact) mass is 200 g/mol. The van der Waals surface area contributed by atoms with Gasteiger partial charge in [-0.15, -0.1) is 0 Å². The highest BCUT2D eigenvalue weighted by Crippen LogP contribution is 2.16. The van der Waals surface area contributed by atoms with E-state index < -0.39 is 12.1 Å². The topological polar surface area (TPSA) is 46.5 Å². The SMILES string of the molecule is COC(Cc1cscc1C)C(=O)O. The summed E-state index contributed by atoms with van der Waals surface area (Å²) in [6.07, 6.45) is -0.283. The molecule has 13 heavy (non-hydrogen) atoms. The van der Waals surface area contributed by atoms with Gasteiger partial charge in [0.1, 0.15) is 0 Å². The highest BCUT2D eigenvalue weighted by atomic mass is 32.1. The van der Waals surface area contributed by atoms with Gasteiger partial charge in [0.15, 0.2) is 6.10 Å². The van der Waals surface area contributed by atoms with Gasteiger partial charge in [0.25, 0.3) is 0 Å². The molecule has 1 aromatic rings. The second-order valence-corrected chi connectivity index (χ2v) is 3.59. The summed E-state index contributed by atoms with van der Waals surface area (Å²) in [4.78, 5) is 10.6. The molecule has 0 aliphatic carbocycles. The molecule has 1 rings (SSSR count). The number of aliphatic carboxylic acids is 1. The van der Waals surface area contributed by atoms with Crippen LogP contribution in [-0.2, 0) is 16.0 Å². The van der Waals surface area contributed by atoms with Crippen LogP contribution in [-0.4, -0.2) is 24.3 Å². The number of carbonyl (C=O) groups is 1. The highest BCUT2D eigenvalue weighted by Gasteiger charge is 2.17. The second kappa shape index (κ2) is 4.39. The van der Waals surface area contributed by atoms with Crippen molar-refractivity contribution in [2.45, 2.75) is 19.4 Å². The van der Waals surface area contributed by atoms with Crippen LogP contribution in [0.25, 0.3) is 0 Å². The van der Waals surface area contributed by atoms with Crippen molar-refractivity contribution in [3.8, 4) is 0 Å². The lowest BCUT2D eigenvalue weighted by molar-refractivity contribution is -0.148. The fourth-order valence-corrected chi connectivity index (χ4v) is 1.94. The first kappa shape index (κ1) is 10.2. The van der Waals surface area contributed by atoms with Crippen LogP contribution < -0.4 is 0 Å².